The van der Waals surface area contributed by atoms with Crippen molar-refractivity contribution < 1.29 is 19.1 Å². The molecule has 0 saturated carbocycles. The summed E-state index contributed by atoms with van der Waals surface area (Å²) < 4.78 is 10.6. The number of nitrogens with one attached hydrogen (secondary N) is 1. The molecule has 0 bridgehead atoms. The van der Waals surface area contributed by atoms with Gasteiger partial charge in [-0.1, -0.05) is 37.3 Å². The van der Waals surface area contributed by atoms with Crippen molar-refractivity contribution in [2.75, 3.05) is 33.6 Å². The summed E-state index contributed by atoms with van der Waals surface area (Å²) in [6.07, 6.45) is 0.300. The van der Waals surface area contributed by atoms with Gasteiger partial charge in [0.15, 0.2) is 11.5 Å². The normalized spacial score (nSPS) is 11.4. The first-order chi connectivity index (χ1) is 12.9. The number of methoxy groups -OCH3 is 2. The minimum atomic E-state index is -0.234. The van der Waals surface area contributed by atoms with Crippen molar-refractivity contribution in [1.82, 2.24) is 4.90 Å². The van der Waals surface area contributed by atoms with E-state index >= 15 is 0 Å². The van der Waals surface area contributed by atoms with Gasteiger partial charge in [0, 0.05) is 26.6 Å². The number of rotatable bonds is 7. The van der Waals surface area contributed by atoms with Crippen LogP contribution in [0.4, 0.5) is 5.69 Å². The fourth-order valence-electron chi connectivity index (χ4n) is 2.78. The second-order valence-corrected chi connectivity index (χ2v) is 6.52. The third-order valence-electron chi connectivity index (χ3n) is 4.29. The van der Waals surface area contributed by atoms with Crippen molar-refractivity contribution in [3.05, 3.63) is 53.6 Å². The highest BCUT2D eigenvalue weighted by Crippen LogP contribution is 2.34. The molecule has 0 saturated heterocycles. The molecule has 0 aliphatic rings. The number of carbonyl (C=O) groups is 2. The molecule has 1 atom stereocenters. The molecular formula is C21H26N2O4. The van der Waals surface area contributed by atoms with Gasteiger partial charge in [0.25, 0.3) is 5.91 Å². The van der Waals surface area contributed by atoms with E-state index in [0.29, 0.717) is 29.2 Å². The molecule has 6 nitrogen and oxygen atoms in total. The molecule has 2 aromatic carbocycles. The minimum Gasteiger partial charge on any atom is -0.493 e. The molecule has 0 aliphatic carbocycles. The van der Waals surface area contributed by atoms with Crippen LogP contribution in [0, 0.1) is 0 Å². The first-order valence-electron chi connectivity index (χ1n) is 8.69. The van der Waals surface area contributed by atoms with E-state index < -0.39 is 0 Å². The van der Waals surface area contributed by atoms with Crippen LogP contribution in [0.25, 0.3) is 0 Å². The highest BCUT2D eigenvalue weighted by Gasteiger charge is 2.20. The second kappa shape index (κ2) is 9.07. The molecule has 2 amide bonds. The first-order valence-corrected chi connectivity index (χ1v) is 8.69. The summed E-state index contributed by atoms with van der Waals surface area (Å²) in [4.78, 5) is 26.6. The number of anilines is 1. The largest absolute Gasteiger partial charge is 0.493 e. The van der Waals surface area contributed by atoms with Crippen LogP contribution in [-0.2, 0) is 4.79 Å². The zero-order valence-electron chi connectivity index (χ0n) is 16.4. The third-order valence-corrected chi connectivity index (χ3v) is 4.29. The Morgan fingerprint density at radius 1 is 1.04 bits per heavy atom. The minimum absolute atomic E-state index is 0.0549. The van der Waals surface area contributed by atoms with Crippen molar-refractivity contribution in [3.8, 4) is 11.5 Å². The molecule has 0 spiro atoms. The van der Waals surface area contributed by atoms with Crippen molar-refractivity contribution in [1.29, 1.82) is 0 Å². The summed E-state index contributed by atoms with van der Waals surface area (Å²) in [5, 5.41) is 2.85. The van der Waals surface area contributed by atoms with Gasteiger partial charge in [0.2, 0.25) is 5.91 Å². The lowest BCUT2D eigenvalue weighted by atomic mass is 9.97. The maximum absolute atomic E-state index is 12.6. The topological polar surface area (TPSA) is 67.9 Å². The van der Waals surface area contributed by atoms with Crippen LogP contribution >= 0.6 is 0 Å². The third kappa shape index (κ3) is 5.00. The molecule has 0 heterocycles. The average Bonchev–Trinajstić information content (AvgIpc) is 2.67. The van der Waals surface area contributed by atoms with E-state index in [0.717, 1.165) is 5.56 Å². The van der Waals surface area contributed by atoms with Crippen LogP contribution in [0.3, 0.4) is 0 Å². The number of hydrogen-bond donors (Lipinski definition) is 1. The molecule has 0 aliphatic heterocycles. The SMILES string of the molecule is COc1cc(NC(=O)C[C@@H](C)c2ccccc2)c(C(=O)N(C)C)cc1OC. The Labute approximate surface area is 160 Å². The van der Waals surface area contributed by atoms with Crippen LogP contribution in [0.5, 0.6) is 11.5 Å². The Bertz CT molecular complexity index is 803. The molecular weight excluding hydrogens is 344 g/mol. The fourth-order valence-corrected chi connectivity index (χ4v) is 2.78. The van der Waals surface area contributed by atoms with Gasteiger partial charge in [0.05, 0.1) is 25.5 Å². The Balaban J connectivity index is 2.27. The van der Waals surface area contributed by atoms with Gasteiger partial charge in [0.1, 0.15) is 0 Å². The van der Waals surface area contributed by atoms with E-state index in [4.69, 9.17) is 9.47 Å². The van der Waals surface area contributed by atoms with Gasteiger partial charge in [-0.25, -0.2) is 0 Å². The fraction of sp³-hybridized carbons (Fsp3) is 0.333. The van der Waals surface area contributed by atoms with E-state index in [-0.39, 0.29) is 17.7 Å². The van der Waals surface area contributed by atoms with E-state index in [1.165, 1.54) is 19.1 Å². The number of nitrogens with zero attached hydrogens (tertiary/aromatic N) is 1. The number of amides is 2. The number of hydrogen-bond acceptors (Lipinski definition) is 4. The Morgan fingerprint density at radius 2 is 1.63 bits per heavy atom. The molecule has 6 heteroatoms. The van der Waals surface area contributed by atoms with Gasteiger partial charge >= 0.3 is 0 Å². The molecule has 27 heavy (non-hydrogen) atoms. The predicted molar refractivity (Wildman–Crippen MR) is 106 cm³/mol. The van der Waals surface area contributed by atoms with Crippen LogP contribution in [0.1, 0.15) is 35.2 Å². The summed E-state index contributed by atoms with van der Waals surface area (Å²) in [7, 11) is 6.32. The van der Waals surface area contributed by atoms with Gasteiger partial charge in [-0.15, -0.1) is 0 Å². The predicted octanol–water partition coefficient (Wildman–Crippen LogP) is 3.54. The van der Waals surface area contributed by atoms with Crippen LogP contribution in [-0.4, -0.2) is 45.0 Å². The van der Waals surface area contributed by atoms with Crippen molar-refractivity contribution in [2.45, 2.75) is 19.3 Å². The standard InChI is InChI=1S/C21H26N2O4/c1-14(15-9-7-6-8-10-15)11-20(24)22-17-13-19(27-5)18(26-4)12-16(17)21(25)23(2)3/h6-10,12-14H,11H2,1-5H3,(H,22,24)/t14-/m1/s1. The maximum Gasteiger partial charge on any atom is 0.255 e. The molecule has 2 aromatic rings. The highest BCUT2D eigenvalue weighted by molar-refractivity contribution is 6.04. The Kier molecular flexibility index (Phi) is 6.82. The summed E-state index contributed by atoms with van der Waals surface area (Å²) in [6, 6.07) is 13.0. The molecule has 0 unspecified atom stereocenters. The maximum atomic E-state index is 12.6. The smallest absolute Gasteiger partial charge is 0.255 e. The number of carbonyl (C=O) groups excluding carboxylic acids is 2. The number of ether oxygens (including phenoxy) is 2. The van der Waals surface area contributed by atoms with E-state index in [9.17, 15) is 9.59 Å². The zero-order chi connectivity index (χ0) is 20.0. The molecule has 144 valence electrons. The summed E-state index contributed by atoms with van der Waals surface area (Å²) >= 11 is 0. The average molecular weight is 370 g/mol. The molecule has 0 fully saturated rings. The van der Waals surface area contributed by atoms with Gasteiger partial charge in [-0.2, -0.15) is 0 Å². The molecule has 2 rings (SSSR count). The van der Waals surface area contributed by atoms with E-state index in [2.05, 4.69) is 5.32 Å². The lowest BCUT2D eigenvalue weighted by Crippen LogP contribution is -2.24. The van der Waals surface area contributed by atoms with Crippen LogP contribution in [0.2, 0.25) is 0 Å². The second-order valence-electron chi connectivity index (χ2n) is 6.52. The van der Waals surface area contributed by atoms with Crippen LogP contribution < -0.4 is 14.8 Å². The summed E-state index contributed by atoms with van der Waals surface area (Å²) in [5.74, 6) is 0.519. The van der Waals surface area contributed by atoms with Gasteiger partial charge < -0.3 is 19.7 Å². The lowest BCUT2D eigenvalue weighted by Gasteiger charge is -2.18. The summed E-state index contributed by atoms with van der Waals surface area (Å²) in [5.41, 5.74) is 1.83. The summed E-state index contributed by atoms with van der Waals surface area (Å²) in [6.45, 7) is 2.00. The van der Waals surface area contributed by atoms with Crippen molar-refractivity contribution in [3.63, 3.8) is 0 Å². The highest BCUT2D eigenvalue weighted by atomic mass is 16.5. The molecule has 1 N–H and O–H groups in total. The quantitative estimate of drug-likeness (QED) is 0.809. The monoisotopic (exact) mass is 370 g/mol. The van der Waals surface area contributed by atoms with Gasteiger partial charge in [-0.3, -0.25) is 9.59 Å². The Hall–Kier alpha value is -3.02. The molecule has 0 radical (unpaired) electrons. The van der Waals surface area contributed by atoms with Crippen molar-refractivity contribution >= 4 is 17.5 Å². The zero-order valence-corrected chi connectivity index (χ0v) is 16.4. The van der Waals surface area contributed by atoms with E-state index in [1.54, 1.807) is 26.2 Å². The van der Waals surface area contributed by atoms with Crippen LogP contribution in [0.15, 0.2) is 42.5 Å². The van der Waals surface area contributed by atoms with Crippen molar-refractivity contribution in [2.24, 2.45) is 0 Å². The Morgan fingerprint density at radius 3 is 2.19 bits per heavy atom. The molecule has 0 aromatic heterocycles. The lowest BCUT2D eigenvalue weighted by molar-refractivity contribution is -0.116. The first kappa shape index (κ1) is 20.3. The van der Waals surface area contributed by atoms with Gasteiger partial charge in [-0.05, 0) is 17.5 Å². The number of benzene rings is 2. The van der Waals surface area contributed by atoms with E-state index in [1.807, 2.05) is 37.3 Å².